The molecular formula is C22H20FNO3. The van der Waals surface area contributed by atoms with E-state index in [-0.39, 0.29) is 11.7 Å². The molecule has 2 aromatic carbocycles. The van der Waals surface area contributed by atoms with Crippen molar-refractivity contribution in [3.63, 3.8) is 0 Å². The van der Waals surface area contributed by atoms with E-state index in [1.165, 1.54) is 12.1 Å². The second-order valence-electron chi connectivity index (χ2n) is 7.10. The highest BCUT2D eigenvalue weighted by Crippen LogP contribution is 2.47. The van der Waals surface area contributed by atoms with Crippen molar-refractivity contribution in [1.82, 2.24) is 0 Å². The zero-order chi connectivity index (χ0) is 19.2. The third kappa shape index (κ3) is 2.83. The highest BCUT2D eigenvalue weighted by atomic mass is 19.1. The Morgan fingerprint density at radius 2 is 1.96 bits per heavy atom. The molecule has 4 nitrogen and oxygen atoms in total. The van der Waals surface area contributed by atoms with Crippen LogP contribution in [0.2, 0.25) is 0 Å². The van der Waals surface area contributed by atoms with Crippen LogP contribution in [0.4, 0.5) is 10.1 Å². The summed E-state index contributed by atoms with van der Waals surface area (Å²) in [5, 5.41) is 0. The van der Waals surface area contributed by atoms with Crippen LogP contribution in [-0.2, 0) is 9.53 Å². The Hall–Kier alpha value is -2.95. The molecule has 4 rings (SSSR count). The van der Waals surface area contributed by atoms with Crippen LogP contribution in [0.1, 0.15) is 48.2 Å². The fourth-order valence-electron chi connectivity index (χ4n) is 3.96. The second kappa shape index (κ2) is 6.34. The molecule has 2 aromatic rings. The van der Waals surface area contributed by atoms with Crippen molar-refractivity contribution in [1.29, 1.82) is 0 Å². The molecule has 2 aliphatic heterocycles. The molecule has 1 fully saturated rings. The number of hydrogen-bond acceptors (Lipinski definition) is 3. The van der Waals surface area contributed by atoms with E-state index in [2.05, 4.69) is 6.08 Å². The highest BCUT2D eigenvalue weighted by molar-refractivity contribution is 6.06. The topological polar surface area (TPSA) is 46.6 Å². The molecule has 0 aliphatic carbocycles. The molecular weight excluding hydrogens is 345 g/mol. The Morgan fingerprint density at radius 1 is 1.22 bits per heavy atom. The normalized spacial score (nSPS) is 20.8. The largest absolute Gasteiger partial charge is 0.462 e. The van der Waals surface area contributed by atoms with Gasteiger partial charge in [0.2, 0.25) is 5.91 Å². The van der Waals surface area contributed by atoms with Gasteiger partial charge in [0.05, 0.1) is 23.4 Å². The van der Waals surface area contributed by atoms with E-state index in [0.717, 1.165) is 28.8 Å². The number of amides is 1. The summed E-state index contributed by atoms with van der Waals surface area (Å²) in [5.74, 6) is -0.642. The minimum Gasteiger partial charge on any atom is -0.462 e. The van der Waals surface area contributed by atoms with E-state index in [9.17, 15) is 14.0 Å². The lowest BCUT2D eigenvalue weighted by molar-refractivity contribution is -0.117. The van der Waals surface area contributed by atoms with Gasteiger partial charge >= 0.3 is 5.97 Å². The average Bonchev–Trinajstić information content (AvgIpc) is 2.96. The van der Waals surface area contributed by atoms with Gasteiger partial charge in [0.15, 0.2) is 0 Å². The van der Waals surface area contributed by atoms with Crippen molar-refractivity contribution in [3.05, 3.63) is 71.0 Å². The number of anilines is 1. The van der Waals surface area contributed by atoms with Crippen molar-refractivity contribution in [3.8, 4) is 0 Å². The Bertz CT molecular complexity index is 964. The summed E-state index contributed by atoms with van der Waals surface area (Å²) in [7, 11) is 0. The lowest BCUT2D eigenvalue weighted by Crippen LogP contribution is -2.44. The first-order chi connectivity index (χ1) is 12.9. The first-order valence-electron chi connectivity index (χ1n) is 9.06. The molecule has 1 saturated heterocycles. The van der Waals surface area contributed by atoms with Gasteiger partial charge in [-0.25, -0.2) is 9.18 Å². The molecule has 1 atom stereocenters. The predicted octanol–water partition coefficient (Wildman–Crippen LogP) is 4.33. The summed E-state index contributed by atoms with van der Waals surface area (Å²) < 4.78 is 18.5. The number of rotatable bonds is 3. The summed E-state index contributed by atoms with van der Waals surface area (Å²) in [6, 6.07) is 11.5. The number of carbonyl (C=O) groups is 2. The summed E-state index contributed by atoms with van der Waals surface area (Å²) in [6.45, 7) is 4.08. The number of esters is 1. The molecule has 2 aliphatic rings. The van der Waals surface area contributed by atoms with Crippen molar-refractivity contribution >= 4 is 23.1 Å². The van der Waals surface area contributed by atoms with Gasteiger partial charge in [-0.05, 0) is 61.7 Å². The van der Waals surface area contributed by atoms with Gasteiger partial charge in [-0.2, -0.15) is 0 Å². The van der Waals surface area contributed by atoms with Crippen LogP contribution in [0, 0.1) is 5.82 Å². The molecule has 0 saturated carbocycles. The number of hydrogen-bond donors (Lipinski definition) is 0. The van der Waals surface area contributed by atoms with Gasteiger partial charge in [-0.1, -0.05) is 18.2 Å². The Labute approximate surface area is 157 Å². The Balaban J connectivity index is 1.91. The van der Waals surface area contributed by atoms with E-state index >= 15 is 0 Å². The van der Waals surface area contributed by atoms with E-state index < -0.39 is 11.5 Å². The van der Waals surface area contributed by atoms with Crippen LogP contribution in [-0.4, -0.2) is 24.0 Å². The van der Waals surface area contributed by atoms with Crippen LogP contribution in [0.3, 0.4) is 0 Å². The zero-order valence-electron chi connectivity index (χ0n) is 15.3. The first kappa shape index (κ1) is 17.5. The fourth-order valence-corrected chi connectivity index (χ4v) is 3.96. The summed E-state index contributed by atoms with van der Waals surface area (Å²) >= 11 is 0. The molecule has 2 heterocycles. The SMILES string of the molecule is CCOC(=O)c1ccc2c(c1)C(c1ccc(F)cc1)=CC1(C)CCC(=O)N21. The van der Waals surface area contributed by atoms with Gasteiger partial charge in [-0.3, -0.25) is 4.79 Å². The molecule has 5 heteroatoms. The third-order valence-corrected chi connectivity index (χ3v) is 5.25. The van der Waals surface area contributed by atoms with Gasteiger partial charge in [0, 0.05) is 12.0 Å². The zero-order valence-corrected chi connectivity index (χ0v) is 15.3. The van der Waals surface area contributed by atoms with Gasteiger partial charge < -0.3 is 9.64 Å². The quantitative estimate of drug-likeness (QED) is 0.761. The maximum absolute atomic E-state index is 13.4. The van der Waals surface area contributed by atoms with E-state index in [1.54, 1.807) is 37.3 Å². The summed E-state index contributed by atoms with van der Waals surface area (Å²) in [5.41, 5.74) is 3.29. The molecule has 0 N–H and O–H groups in total. The number of halogens is 1. The average molecular weight is 365 g/mol. The van der Waals surface area contributed by atoms with Crippen molar-refractivity contribution in [2.24, 2.45) is 0 Å². The summed E-state index contributed by atoms with van der Waals surface area (Å²) in [6.07, 6.45) is 3.25. The maximum Gasteiger partial charge on any atom is 0.338 e. The van der Waals surface area contributed by atoms with Crippen LogP contribution < -0.4 is 4.90 Å². The minimum absolute atomic E-state index is 0.0667. The molecule has 27 heavy (non-hydrogen) atoms. The smallest absolute Gasteiger partial charge is 0.338 e. The monoisotopic (exact) mass is 365 g/mol. The van der Waals surface area contributed by atoms with Crippen molar-refractivity contribution in [2.45, 2.75) is 32.2 Å². The molecule has 0 spiro atoms. The van der Waals surface area contributed by atoms with Crippen LogP contribution in [0.15, 0.2) is 48.5 Å². The standard InChI is InChI=1S/C22H20FNO3/c1-3-27-21(26)15-6-9-19-17(12-15)18(14-4-7-16(23)8-5-14)13-22(2)11-10-20(25)24(19)22/h4-9,12-13H,3,10-11H2,1-2H3. The molecule has 0 bridgehead atoms. The van der Waals surface area contributed by atoms with Gasteiger partial charge in [0.1, 0.15) is 5.82 Å². The Morgan fingerprint density at radius 3 is 2.67 bits per heavy atom. The minimum atomic E-state index is -0.431. The van der Waals surface area contributed by atoms with Crippen LogP contribution >= 0.6 is 0 Å². The van der Waals surface area contributed by atoms with Crippen molar-refractivity contribution in [2.75, 3.05) is 11.5 Å². The lowest BCUT2D eigenvalue weighted by atomic mass is 9.83. The number of fused-ring (bicyclic) bond motifs is 3. The number of nitrogens with zero attached hydrogens (tertiary/aromatic N) is 1. The second-order valence-corrected chi connectivity index (χ2v) is 7.10. The van der Waals surface area contributed by atoms with E-state index in [1.807, 2.05) is 11.8 Å². The highest BCUT2D eigenvalue weighted by Gasteiger charge is 2.45. The first-order valence-corrected chi connectivity index (χ1v) is 9.06. The number of ether oxygens (including phenoxy) is 1. The Kier molecular flexibility index (Phi) is 4.10. The number of benzene rings is 2. The van der Waals surface area contributed by atoms with Crippen molar-refractivity contribution < 1.29 is 18.7 Å². The molecule has 1 amide bonds. The van der Waals surface area contributed by atoms with E-state index in [4.69, 9.17) is 4.74 Å². The van der Waals surface area contributed by atoms with Gasteiger partial charge in [0.25, 0.3) is 0 Å². The van der Waals surface area contributed by atoms with E-state index in [0.29, 0.717) is 18.6 Å². The maximum atomic E-state index is 13.4. The van der Waals surface area contributed by atoms with Crippen LogP contribution in [0.5, 0.6) is 0 Å². The summed E-state index contributed by atoms with van der Waals surface area (Å²) in [4.78, 5) is 26.6. The molecule has 1 unspecified atom stereocenters. The molecule has 0 radical (unpaired) electrons. The fraction of sp³-hybridized carbons (Fsp3) is 0.273. The molecule has 138 valence electrons. The third-order valence-electron chi connectivity index (χ3n) is 5.25. The molecule has 0 aromatic heterocycles. The van der Waals surface area contributed by atoms with Gasteiger partial charge in [-0.15, -0.1) is 0 Å². The number of carbonyl (C=O) groups excluding carboxylic acids is 2. The predicted molar refractivity (Wildman–Crippen MR) is 101 cm³/mol. The lowest BCUT2D eigenvalue weighted by Gasteiger charge is -2.39. The van der Waals surface area contributed by atoms with Crippen LogP contribution in [0.25, 0.3) is 5.57 Å².